The molecule has 6 heteroatoms. The van der Waals surface area contributed by atoms with Crippen molar-refractivity contribution < 1.29 is 9.84 Å². The Morgan fingerprint density at radius 2 is 2.21 bits per heavy atom. The number of hydrogen-bond acceptors (Lipinski definition) is 4. The monoisotopic (exact) mass is 279 g/mol. The van der Waals surface area contributed by atoms with Gasteiger partial charge in [-0.3, -0.25) is 9.67 Å². The SMILES string of the molecule is COc1ccc(O)c(-c2n[nH]c(=S)n2CC(C)C)c1. The molecule has 2 aromatic rings. The smallest absolute Gasteiger partial charge is 0.195 e. The number of benzene rings is 1. The molecule has 102 valence electrons. The van der Waals surface area contributed by atoms with Gasteiger partial charge < -0.3 is 9.84 Å². The fourth-order valence-electron chi connectivity index (χ4n) is 1.88. The lowest BCUT2D eigenvalue weighted by atomic mass is 10.1. The normalized spacial score (nSPS) is 10.9. The van der Waals surface area contributed by atoms with E-state index in [0.717, 1.165) is 6.54 Å². The molecule has 0 radical (unpaired) electrons. The summed E-state index contributed by atoms with van der Waals surface area (Å²) in [6, 6.07) is 5.04. The molecule has 0 unspecified atom stereocenters. The number of aromatic nitrogens is 3. The van der Waals surface area contributed by atoms with Crippen molar-refractivity contribution in [2.45, 2.75) is 20.4 Å². The van der Waals surface area contributed by atoms with Gasteiger partial charge >= 0.3 is 0 Å². The minimum Gasteiger partial charge on any atom is -0.507 e. The molecule has 0 aliphatic rings. The standard InChI is InChI=1S/C13H17N3O2S/c1-8(2)7-16-12(14-15-13(16)19)10-6-9(18-3)4-5-11(10)17/h4-6,8,17H,7H2,1-3H3,(H,15,19). The molecular formula is C13H17N3O2S. The van der Waals surface area contributed by atoms with Gasteiger partial charge in [0.2, 0.25) is 0 Å². The van der Waals surface area contributed by atoms with Crippen LogP contribution in [-0.4, -0.2) is 27.0 Å². The molecular weight excluding hydrogens is 262 g/mol. The molecule has 0 fully saturated rings. The number of methoxy groups -OCH3 is 1. The summed E-state index contributed by atoms with van der Waals surface area (Å²) in [4.78, 5) is 0. The topological polar surface area (TPSA) is 63.1 Å². The Kier molecular flexibility index (Phi) is 3.90. The third-order valence-corrected chi connectivity index (χ3v) is 3.06. The van der Waals surface area contributed by atoms with Crippen LogP contribution in [0.15, 0.2) is 18.2 Å². The Bertz CT molecular complexity index is 631. The molecule has 0 saturated carbocycles. The van der Waals surface area contributed by atoms with Gasteiger partial charge in [0.15, 0.2) is 10.6 Å². The van der Waals surface area contributed by atoms with Gasteiger partial charge in [0.1, 0.15) is 11.5 Å². The number of aromatic hydroxyl groups is 1. The number of hydrogen-bond donors (Lipinski definition) is 2. The van der Waals surface area contributed by atoms with Crippen molar-refractivity contribution in [3.63, 3.8) is 0 Å². The number of nitrogens with zero attached hydrogens (tertiary/aromatic N) is 2. The highest BCUT2D eigenvalue weighted by Gasteiger charge is 2.14. The van der Waals surface area contributed by atoms with Crippen molar-refractivity contribution in [2.24, 2.45) is 5.92 Å². The summed E-state index contributed by atoms with van der Waals surface area (Å²) in [6.45, 7) is 4.94. The number of aromatic amines is 1. The summed E-state index contributed by atoms with van der Waals surface area (Å²) in [5.41, 5.74) is 0.604. The van der Waals surface area contributed by atoms with Gasteiger partial charge in [0.25, 0.3) is 0 Å². The largest absolute Gasteiger partial charge is 0.507 e. The van der Waals surface area contributed by atoms with Crippen LogP contribution < -0.4 is 4.74 Å². The van der Waals surface area contributed by atoms with E-state index in [4.69, 9.17) is 17.0 Å². The van der Waals surface area contributed by atoms with Crippen molar-refractivity contribution in [3.8, 4) is 22.9 Å². The van der Waals surface area contributed by atoms with E-state index in [1.54, 1.807) is 25.3 Å². The summed E-state index contributed by atoms with van der Waals surface area (Å²) in [6.07, 6.45) is 0. The van der Waals surface area contributed by atoms with E-state index in [-0.39, 0.29) is 5.75 Å². The molecule has 0 bridgehead atoms. The zero-order valence-electron chi connectivity index (χ0n) is 11.2. The second-order valence-corrected chi connectivity index (χ2v) is 5.13. The van der Waals surface area contributed by atoms with Gasteiger partial charge in [-0.2, -0.15) is 5.10 Å². The maximum atomic E-state index is 9.99. The van der Waals surface area contributed by atoms with Crippen LogP contribution in [-0.2, 0) is 6.54 Å². The van der Waals surface area contributed by atoms with Crippen molar-refractivity contribution in [1.29, 1.82) is 0 Å². The molecule has 19 heavy (non-hydrogen) atoms. The molecule has 2 N–H and O–H groups in total. The first kappa shape index (κ1) is 13.6. The Morgan fingerprint density at radius 3 is 2.84 bits per heavy atom. The summed E-state index contributed by atoms with van der Waals surface area (Å²) in [7, 11) is 1.58. The summed E-state index contributed by atoms with van der Waals surface area (Å²) in [5, 5.41) is 17.0. The van der Waals surface area contributed by atoms with Crippen molar-refractivity contribution in [2.75, 3.05) is 7.11 Å². The van der Waals surface area contributed by atoms with E-state index in [1.807, 2.05) is 4.57 Å². The molecule has 1 aromatic heterocycles. The van der Waals surface area contributed by atoms with Crippen molar-refractivity contribution >= 4 is 12.2 Å². The van der Waals surface area contributed by atoms with Gasteiger partial charge in [-0.15, -0.1) is 0 Å². The molecule has 0 atom stereocenters. The molecule has 0 aliphatic carbocycles. The van der Waals surface area contributed by atoms with Crippen LogP contribution in [0.2, 0.25) is 0 Å². The fourth-order valence-corrected chi connectivity index (χ4v) is 2.09. The first-order valence-corrected chi connectivity index (χ1v) is 6.46. The van der Waals surface area contributed by atoms with Gasteiger partial charge in [-0.05, 0) is 36.3 Å². The van der Waals surface area contributed by atoms with Crippen LogP contribution in [0.1, 0.15) is 13.8 Å². The van der Waals surface area contributed by atoms with Crippen LogP contribution in [0.5, 0.6) is 11.5 Å². The van der Waals surface area contributed by atoms with Crippen molar-refractivity contribution in [3.05, 3.63) is 23.0 Å². The molecule has 0 aliphatic heterocycles. The molecule has 1 heterocycles. The van der Waals surface area contributed by atoms with E-state index in [0.29, 0.717) is 27.8 Å². The summed E-state index contributed by atoms with van der Waals surface area (Å²) < 4.78 is 7.61. The van der Waals surface area contributed by atoms with Crippen LogP contribution in [0, 0.1) is 10.7 Å². The number of phenols is 1. The highest BCUT2D eigenvalue weighted by atomic mass is 32.1. The van der Waals surface area contributed by atoms with E-state index in [1.165, 1.54) is 0 Å². The lowest BCUT2D eigenvalue weighted by Crippen LogP contribution is -2.06. The Hall–Kier alpha value is -1.82. The Labute approximate surface area is 116 Å². The molecule has 5 nitrogen and oxygen atoms in total. The van der Waals surface area contributed by atoms with E-state index in [2.05, 4.69) is 24.0 Å². The number of phenolic OH excluding ortho intramolecular Hbond substituents is 1. The minimum atomic E-state index is 0.153. The van der Waals surface area contributed by atoms with Crippen LogP contribution in [0.3, 0.4) is 0 Å². The van der Waals surface area contributed by atoms with E-state index >= 15 is 0 Å². The minimum absolute atomic E-state index is 0.153. The third kappa shape index (κ3) is 2.78. The van der Waals surface area contributed by atoms with Gasteiger partial charge in [-0.1, -0.05) is 13.8 Å². The maximum Gasteiger partial charge on any atom is 0.195 e. The van der Waals surface area contributed by atoms with Crippen LogP contribution in [0.4, 0.5) is 0 Å². The maximum absolute atomic E-state index is 9.99. The lowest BCUT2D eigenvalue weighted by Gasteiger charge is -2.11. The second-order valence-electron chi connectivity index (χ2n) is 4.74. The zero-order chi connectivity index (χ0) is 14.0. The highest BCUT2D eigenvalue weighted by Crippen LogP contribution is 2.31. The summed E-state index contributed by atoms with van der Waals surface area (Å²) >= 11 is 5.23. The molecule has 1 aromatic carbocycles. The van der Waals surface area contributed by atoms with E-state index in [9.17, 15) is 5.11 Å². The highest BCUT2D eigenvalue weighted by molar-refractivity contribution is 7.71. The lowest BCUT2D eigenvalue weighted by molar-refractivity contribution is 0.412. The van der Waals surface area contributed by atoms with Crippen LogP contribution in [0.25, 0.3) is 11.4 Å². The first-order valence-electron chi connectivity index (χ1n) is 6.05. The quantitative estimate of drug-likeness (QED) is 0.845. The molecule has 0 spiro atoms. The number of H-pyrrole nitrogens is 1. The molecule has 0 saturated heterocycles. The number of ether oxygens (including phenoxy) is 1. The average Bonchev–Trinajstić information content (AvgIpc) is 2.71. The average molecular weight is 279 g/mol. The predicted molar refractivity (Wildman–Crippen MR) is 75.9 cm³/mol. The Balaban J connectivity index is 2.55. The molecule has 2 rings (SSSR count). The van der Waals surface area contributed by atoms with Gasteiger partial charge in [0.05, 0.1) is 12.7 Å². The van der Waals surface area contributed by atoms with Crippen molar-refractivity contribution in [1.82, 2.24) is 14.8 Å². The fraction of sp³-hybridized carbons (Fsp3) is 0.385. The first-order chi connectivity index (χ1) is 9.02. The number of nitrogens with one attached hydrogen (secondary N) is 1. The molecule has 0 amide bonds. The zero-order valence-corrected chi connectivity index (χ0v) is 12.0. The van der Waals surface area contributed by atoms with E-state index < -0.39 is 0 Å². The predicted octanol–water partition coefficient (Wildman–Crippen LogP) is 2.98. The summed E-state index contributed by atoms with van der Waals surface area (Å²) in [5.74, 6) is 1.86. The second kappa shape index (κ2) is 5.44. The van der Waals surface area contributed by atoms with Gasteiger partial charge in [0, 0.05) is 6.54 Å². The number of rotatable bonds is 4. The van der Waals surface area contributed by atoms with Crippen LogP contribution >= 0.6 is 12.2 Å². The Morgan fingerprint density at radius 1 is 1.47 bits per heavy atom. The van der Waals surface area contributed by atoms with Gasteiger partial charge in [-0.25, -0.2) is 0 Å². The third-order valence-electron chi connectivity index (χ3n) is 2.75.